The molecule has 7 rings (SSSR count). The van der Waals surface area contributed by atoms with Crippen LogP contribution in [-0.4, -0.2) is 98.3 Å². The smallest absolute Gasteiger partial charge is 0.185 e. The van der Waals surface area contributed by atoms with Crippen LogP contribution in [0.4, 0.5) is 5.69 Å². The Balaban J connectivity index is 1.21. The van der Waals surface area contributed by atoms with Crippen molar-refractivity contribution in [1.29, 1.82) is 0 Å². The Morgan fingerprint density at radius 3 is 2.61 bits per heavy atom. The molecule has 4 saturated heterocycles. The quantitative estimate of drug-likeness (QED) is 0.430. The topological polar surface area (TPSA) is 97.4 Å². The molecule has 5 aliphatic rings. The third-order valence-corrected chi connectivity index (χ3v) is 12.2. The minimum Gasteiger partial charge on any atom is -0.393 e. The van der Waals surface area contributed by atoms with Crippen LogP contribution in [-0.2, 0) is 21.0 Å². The van der Waals surface area contributed by atoms with Crippen molar-refractivity contribution in [3.05, 3.63) is 65.5 Å². The van der Waals surface area contributed by atoms with Crippen LogP contribution in [0.2, 0.25) is 0 Å². The van der Waals surface area contributed by atoms with E-state index in [0.29, 0.717) is 32.7 Å². The van der Waals surface area contributed by atoms with Gasteiger partial charge in [-0.05, 0) is 75.1 Å². The van der Waals surface area contributed by atoms with E-state index in [-0.39, 0.29) is 18.1 Å². The van der Waals surface area contributed by atoms with Gasteiger partial charge in [0.25, 0.3) is 0 Å². The minimum absolute atomic E-state index is 0.121. The molecule has 0 aromatic heterocycles. The van der Waals surface area contributed by atoms with Gasteiger partial charge in [0, 0.05) is 54.3 Å². The van der Waals surface area contributed by atoms with E-state index in [1.54, 1.807) is 0 Å². The largest absolute Gasteiger partial charge is 0.393 e. The molecule has 3 N–H and O–H groups in total. The SMILES string of the molecule is CCc1cccc2cccc(N3C=C4NC(OCC56CCCN5CCC6)NC(N5CCC(O)CC(S(C)(=O)=O)C5)C4=CC3)c12. The second kappa shape index (κ2) is 12.0. The molecule has 238 valence electrons. The summed E-state index contributed by atoms with van der Waals surface area (Å²) in [6, 6.07) is 13.0. The summed E-state index contributed by atoms with van der Waals surface area (Å²) < 4.78 is 32.2. The van der Waals surface area contributed by atoms with E-state index in [1.807, 2.05) is 0 Å². The zero-order valence-electron chi connectivity index (χ0n) is 26.0. The second-order valence-corrected chi connectivity index (χ2v) is 15.8. The Kier molecular flexibility index (Phi) is 8.26. The predicted octanol–water partition coefficient (Wildman–Crippen LogP) is 3.31. The van der Waals surface area contributed by atoms with E-state index < -0.39 is 27.5 Å². The van der Waals surface area contributed by atoms with E-state index >= 15 is 0 Å². The molecule has 10 heteroatoms. The van der Waals surface area contributed by atoms with Gasteiger partial charge in [0.1, 0.15) is 0 Å². The van der Waals surface area contributed by atoms with Gasteiger partial charge in [0.15, 0.2) is 16.2 Å². The van der Waals surface area contributed by atoms with Crippen LogP contribution in [0.5, 0.6) is 0 Å². The fourth-order valence-electron chi connectivity index (χ4n) is 8.28. The first kappa shape index (κ1) is 30.2. The van der Waals surface area contributed by atoms with Gasteiger partial charge < -0.3 is 20.1 Å². The molecule has 4 unspecified atom stereocenters. The fourth-order valence-corrected chi connectivity index (χ4v) is 9.32. The highest BCUT2D eigenvalue weighted by molar-refractivity contribution is 7.91. The summed E-state index contributed by atoms with van der Waals surface area (Å²) in [6.07, 6.45) is 11.0. The molecule has 5 aliphatic heterocycles. The highest BCUT2D eigenvalue weighted by Crippen LogP contribution is 2.40. The Morgan fingerprint density at radius 1 is 1.09 bits per heavy atom. The molecule has 9 nitrogen and oxygen atoms in total. The molecule has 44 heavy (non-hydrogen) atoms. The molecule has 2 aromatic rings. The van der Waals surface area contributed by atoms with Crippen molar-refractivity contribution in [2.75, 3.05) is 50.5 Å². The maximum atomic E-state index is 12.7. The van der Waals surface area contributed by atoms with Gasteiger partial charge in [-0.2, -0.15) is 0 Å². The number of aryl methyl sites for hydroxylation is 1. The normalized spacial score (nSPS) is 29.5. The molecule has 5 heterocycles. The summed E-state index contributed by atoms with van der Waals surface area (Å²) >= 11 is 0. The van der Waals surface area contributed by atoms with Crippen LogP contribution in [0.15, 0.2) is 59.9 Å². The molecule has 0 amide bonds. The number of rotatable bonds is 7. The number of aliphatic hydroxyl groups excluding tert-OH is 1. The first-order valence-corrected chi connectivity index (χ1v) is 18.4. The first-order chi connectivity index (χ1) is 21.2. The van der Waals surface area contributed by atoms with Gasteiger partial charge in [0.2, 0.25) is 0 Å². The lowest BCUT2D eigenvalue weighted by Crippen LogP contribution is -2.63. The van der Waals surface area contributed by atoms with Crippen LogP contribution in [0.25, 0.3) is 10.8 Å². The summed E-state index contributed by atoms with van der Waals surface area (Å²) in [5.41, 5.74) is 4.72. The van der Waals surface area contributed by atoms with Gasteiger partial charge in [-0.1, -0.05) is 43.3 Å². The number of benzene rings is 2. The standard InChI is InChI=1S/C34H47N5O4S/c1-3-24-8-4-9-25-10-5-11-30(31(24)25)37-19-13-28-29(22-37)35-33(43-23-34-14-6-16-39(34)17-7-15-34)36-32(28)38-18-12-26(40)20-27(21-38)44(2,41)42/h4-5,8-11,13,22,26-27,32-33,35-36,40H,3,6-7,12,14-21,23H2,1-2H3. The number of nitrogens with zero attached hydrogens (tertiary/aromatic N) is 3. The molecule has 4 fully saturated rings. The van der Waals surface area contributed by atoms with E-state index in [0.717, 1.165) is 30.8 Å². The van der Waals surface area contributed by atoms with Gasteiger partial charge in [0.05, 0.1) is 29.8 Å². The van der Waals surface area contributed by atoms with E-state index in [2.05, 4.69) is 80.9 Å². The van der Waals surface area contributed by atoms with Crippen molar-refractivity contribution >= 4 is 26.3 Å². The Morgan fingerprint density at radius 2 is 1.86 bits per heavy atom. The molecule has 0 aliphatic carbocycles. The van der Waals surface area contributed by atoms with Gasteiger partial charge in [-0.3, -0.25) is 15.1 Å². The van der Waals surface area contributed by atoms with Crippen molar-refractivity contribution in [1.82, 2.24) is 20.4 Å². The van der Waals surface area contributed by atoms with E-state index in [4.69, 9.17) is 4.74 Å². The summed E-state index contributed by atoms with van der Waals surface area (Å²) in [7, 11) is -3.32. The second-order valence-electron chi connectivity index (χ2n) is 13.4. The monoisotopic (exact) mass is 621 g/mol. The maximum absolute atomic E-state index is 12.7. The van der Waals surface area contributed by atoms with Crippen LogP contribution >= 0.6 is 0 Å². The van der Waals surface area contributed by atoms with Crippen molar-refractivity contribution < 1.29 is 18.3 Å². The van der Waals surface area contributed by atoms with Crippen LogP contribution in [0.3, 0.4) is 0 Å². The number of sulfone groups is 1. The first-order valence-electron chi connectivity index (χ1n) is 16.4. The number of ether oxygens (including phenoxy) is 1. The number of anilines is 1. The molecular weight excluding hydrogens is 574 g/mol. The van der Waals surface area contributed by atoms with E-state index in [1.165, 1.54) is 54.0 Å². The maximum Gasteiger partial charge on any atom is 0.185 e. The van der Waals surface area contributed by atoms with Crippen LogP contribution in [0.1, 0.15) is 51.0 Å². The number of nitrogens with one attached hydrogen (secondary N) is 2. The Bertz CT molecular complexity index is 1540. The average Bonchev–Trinajstić information content (AvgIpc) is 3.53. The number of fused-ring (bicyclic) bond motifs is 3. The van der Waals surface area contributed by atoms with Crippen molar-refractivity contribution in [2.24, 2.45) is 0 Å². The molecule has 4 atom stereocenters. The Hall–Kier alpha value is -2.47. The third kappa shape index (κ3) is 5.69. The Labute approximate surface area is 261 Å². The molecular formula is C34H47N5O4S. The molecule has 0 spiro atoms. The highest BCUT2D eigenvalue weighted by Gasteiger charge is 2.46. The molecule has 0 radical (unpaired) electrons. The lowest BCUT2D eigenvalue weighted by molar-refractivity contribution is -0.0579. The summed E-state index contributed by atoms with van der Waals surface area (Å²) in [4.78, 5) is 7.13. The van der Waals surface area contributed by atoms with E-state index in [9.17, 15) is 13.5 Å². The van der Waals surface area contributed by atoms with Gasteiger partial charge in [-0.25, -0.2) is 8.42 Å². The van der Waals surface area contributed by atoms with Gasteiger partial charge in [-0.15, -0.1) is 0 Å². The third-order valence-electron chi connectivity index (χ3n) is 10.7. The van der Waals surface area contributed by atoms with Gasteiger partial charge >= 0.3 is 0 Å². The zero-order valence-corrected chi connectivity index (χ0v) is 26.9. The number of aliphatic hydroxyl groups is 1. The average molecular weight is 622 g/mol. The lowest BCUT2D eigenvalue weighted by Gasteiger charge is -2.45. The van der Waals surface area contributed by atoms with Crippen molar-refractivity contribution in [3.63, 3.8) is 0 Å². The molecule has 0 bridgehead atoms. The number of likely N-dealkylation sites (tertiary alicyclic amines) is 1. The lowest BCUT2D eigenvalue weighted by atomic mass is 9.95. The highest BCUT2D eigenvalue weighted by atomic mass is 32.2. The summed E-state index contributed by atoms with van der Waals surface area (Å²) in [5.74, 6) is 0. The summed E-state index contributed by atoms with van der Waals surface area (Å²) in [6.45, 7) is 6.84. The predicted molar refractivity (Wildman–Crippen MR) is 175 cm³/mol. The fraction of sp³-hybridized carbons (Fsp3) is 0.588. The minimum atomic E-state index is -3.32. The van der Waals surface area contributed by atoms with Crippen molar-refractivity contribution in [2.45, 2.75) is 81.3 Å². The molecule has 0 saturated carbocycles. The van der Waals surface area contributed by atoms with Crippen LogP contribution in [0, 0.1) is 0 Å². The zero-order chi connectivity index (χ0) is 30.5. The molecule has 2 aromatic carbocycles. The van der Waals surface area contributed by atoms with Crippen LogP contribution < -0.4 is 15.5 Å². The summed E-state index contributed by atoms with van der Waals surface area (Å²) in [5, 5.41) is 19.9. The number of hydrogen-bond donors (Lipinski definition) is 3. The number of hydrogen-bond acceptors (Lipinski definition) is 9. The van der Waals surface area contributed by atoms with Crippen molar-refractivity contribution in [3.8, 4) is 0 Å².